The number of hydrogen-bond donors (Lipinski definition) is 2. The van der Waals surface area contributed by atoms with Gasteiger partial charge in [-0.25, -0.2) is 9.78 Å². The maximum atomic E-state index is 11.8. The van der Waals surface area contributed by atoms with Gasteiger partial charge in [-0.1, -0.05) is 0 Å². The average Bonchev–Trinajstić information content (AvgIpc) is 2.70. The summed E-state index contributed by atoms with van der Waals surface area (Å²) in [6.07, 6.45) is 0. The third-order valence-corrected chi connectivity index (χ3v) is 3.77. The molecule has 2 heterocycles. The summed E-state index contributed by atoms with van der Waals surface area (Å²) in [7, 11) is 0. The van der Waals surface area contributed by atoms with Crippen molar-refractivity contribution in [1.82, 2.24) is 9.88 Å². The molecule has 0 radical (unpaired) electrons. The van der Waals surface area contributed by atoms with E-state index in [-0.39, 0.29) is 19.1 Å². The Morgan fingerprint density at radius 1 is 1.60 bits per heavy atom. The molecule has 1 aromatic heterocycles. The number of ether oxygens (including phenoxy) is 1. The first-order valence-corrected chi connectivity index (χ1v) is 7.04. The van der Waals surface area contributed by atoms with Crippen LogP contribution in [0.3, 0.4) is 0 Å². The monoisotopic (exact) mass is 299 g/mol. The molecule has 20 heavy (non-hydrogen) atoms. The summed E-state index contributed by atoms with van der Waals surface area (Å²) in [6.45, 7) is 4.75. The first-order chi connectivity index (χ1) is 9.36. The number of carboxylic acids is 1. The number of hydrogen-bond acceptors (Lipinski definition) is 6. The van der Waals surface area contributed by atoms with Gasteiger partial charge in [-0.15, -0.1) is 11.3 Å². The second-order valence-corrected chi connectivity index (χ2v) is 5.98. The van der Waals surface area contributed by atoms with Crippen LogP contribution in [0.5, 0.6) is 0 Å². The van der Waals surface area contributed by atoms with Gasteiger partial charge < -0.3 is 15.2 Å². The number of carboxylic acid groups (broad SMARTS) is 1. The molecule has 7 nitrogen and oxygen atoms in total. The van der Waals surface area contributed by atoms with Crippen molar-refractivity contribution in [3.63, 3.8) is 0 Å². The SMILES string of the molecule is Cc1csc(NC(=O)CN2CC(C)(OCC(=O)O)C2)n1. The molecular weight excluding hydrogens is 282 g/mol. The molecule has 0 saturated carbocycles. The molecule has 1 fully saturated rings. The van der Waals surface area contributed by atoms with Crippen molar-refractivity contribution >= 4 is 28.3 Å². The van der Waals surface area contributed by atoms with E-state index < -0.39 is 11.6 Å². The average molecular weight is 299 g/mol. The summed E-state index contributed by atoms with van der Waals surface area (Å²) in [4.78, 5) is 28.3. The minimum Gasteiger partial charge on any atom is -0.480 e. The molecule has 0 aromatic carbocycles. The number of nitrogens with one attached hydrogen (secondary N) is 1. The van der Waals surface area contributed by atoms with Gasteiger partial charge >= 0.3 is 5.97 Å². The third-order valence-electron chi connectivity index (χ3n) is 2.89. The standard InChI is InChI=1S/C12H17N3O4S/c1-8-5-20-11(13-8)14-9(16)3-15-6-12(2,7-15)19-4-10(17)18/h5H,3-4,6-7H2,1-2H3,(H,17,18)(H,13,14,16). The Bertz CT molecular complexity index is 511. The second-order valence-electron chi connectivity index (χ2n) is 5.12. The molecule has 0 bridgehead atoms. The summed E-state index contributed by atoms with van der Waals surface area (Å²) < 4.78 is 5.28. The van der Waals surface area contributed by atoms with Gasteiger partial charge in [0.2, 0.25) is 5.91 Å². The molecule has 1 aromatic rings. The largest absolute Gasteiger partial charge is 0.480 e. The molecule has 2 N–H and O–H groups in total. The number of nitrogens with zero attached hydrogens (tertiary/aromatic N) is 2. The van der Waals surface area contributed by atoms with Gasteiger partial charge in [0.05, 0.1) is 17.8 Å². The zero-order chi connectivity index (χ0) is 14.8. The Kier molecular flexibility index (Phi) is 4.36. The smallest absolute Gasteiger partial charge is 0.329 e. The molecule has 110 valence electrons. The fourth-order valence-corrected chi connectivity index (χ4v) is 2.82. The highest BCUT2D eigenvalue weighted by atomic mass is 32.1. The molecule has 1 aliphatic rings. The number of thiazole rings is 1. The van der Waals surface area contributed by atoms with Gasteiger partial charge in [0.25, 0.3) is 0 Å². The summed E-state index contributed by atoms with van der Waals surface area (Å²) in [5, 5.41) is 13.8. The lowest BCUT2D eigenvalue weighted by atomic mass is 9.96. The van der Waals surface area contributed by atoms with Crippen LogP contribution < -0.4 is 5.32 Å². The van der Waals surface area contributed by atoms with Crippen LogP contribution in [0.1, 0.15) is 12.6 Å². The van der Waals surface area contributed by atoms with Crippen molar-refractivity contribution in [3.05, 3.63) is 11.1 Å². The third kappa shape index (κ3) is 3.99. The van der Waals surface area contributed by atoms with E-state index in [4.69, 9.17) is 9.84 Å². The molecule has 0 spiro atoms. The minimum absolute atomic E-state index is 0.125. The van der Waals surface area contributed by atoms with Gasteiger partial charge in [-0.05, 0) is 13.8 Å². The Morgan fingerprint density at radius 3 is 2.85 bits per heavy atom. The molecule has 1 amide bonds. The van der Waals surface area contributed by atoms with Crippen molar-refractivity contribution in [2.24, 2.45) is 0 Å². The number of rotatable bonds is 6. The fourth-order valence-electron chi connectivity index (χ4n) is 2.11. The van der Waals surface area contributed by atoms with E-state index in [1.807, 2.05) is 24.1 Å². The molecule has 0 aliphatic carbocycles. The first-order valence-electron chi connectivity index (χ1n) is 6.16. The van der Waals surface area contributed by atoms with Gasteiger partial charge in [0.1, 0.15) is 6.61 Å². The quantitative estimate of drug-likeness (QED) is 0.797. The summed E-state index contributed by atoms with van der Waals surface area (Å²) >= 11 is 1.39. The van der Waals surface area contributed by atoms with E-state index in [1.54, 1.807) is 0 Å². The van der Waals surface area contributed by atoms with Crippen molar-refractivity contribution < 1.29 is 19.4 Å². The van der Waals surface area contributed by atoms with Crippen molar-refractivity contribution in [2.75, 3.05) is 31.6 Å². The van der Waals surface area contributed by atoms with Crippen LogP contribution in [0.2, 0.25) is 0 Å². The number of aryl methyl sites for hydroxylation is 1. The lowest BCUT2D eigenvalue weighted by Crippen LogP contribution is -2.63. The van der Waals surface area contributed by atoms with Crippen LogP contribution in [-0.4, -0.2) is 58.7 Å². The molecule has 0 unspecified atom stereocenters. The van der Waals surface area contributed by atoms with E-state index >= 15 is 0 Å². The molecule has 8 heteroatoms. The predicted molar refractivity (Wildman–Crippen MR) is 73.9 cm³/mol. The van der Waals surface area contributed by atoms with Crippen LogP contribution in [-0.2, 0) is 14.3 Å². The lowest BCUT2D eigenvalue weighted by molar-refractivity contribution is -0.165. The molecular formula is C12H17N3O4S. The Balaban J connectivity index is 1.71. The van der Waals surface area contributed by atoms with Crippen LogP contribution >= 0.6 is 11.3 Å². The Labute approximate surface area is 120 Å². The number of aromatic nitrogens is 1. The molecule has 1 saturated heterocycles. The predicted octanol–water partition coefficient (Wildman–Crippen LogP) is 0.566. The zero-order valence-corrected chi connectivity index (χ0v) is 12.2. The maximum absolute atomic E-state index is 11.8. The van der Waals surface area contributed by atoms with Crippen LogP contribution in [0.4, 0.5) is 5.13 Å². The number of carbonyl (C=O) groups is 2. The fraction of sp³-hybridized carbons (Fsp3) is 0.583. The van der Waals surface area contributed by atoms with Crippen molar-refractivity contribution in [3.8, 4) is 0 Å². The number of aliphatic carboxylic acids is 1. The normalized spacial score (nSPS) is 17.5. The number of amides is 1. The highest BCUT2D eigenvalue weighted by molar-refractivity contribution is 7.13. The topological polar surface area (TPSA) is 91.8 Å². The molecule has 2 rings (SSSR count). The van der Waals surface area contributed by atoms with Crippen LogP contribution in [0.25, 0.3) is 0 Å². The second kappa shape index (κ2) is 5.86. The zero-order valence-electron chi connectivity index (χ0n) is 11.4. The first kappa shape index (κ1) is 14.9. The van der Waals surface area contributed by atoms with Crippen LogP contribution in [0, 0.1) is 6.92 Å². The highest BCUT2D eigenvalue weighted by Crippen LogP contribution is 2.24. The Hall–Kier alpha value is -1.51. The summed E-state index contributed by atoms with van der Waals surface area (Å²) in [6, 6.07) is 0. The highest BCUT2D eigenvalue weighted by Gasteiger charge is 2.40. The van der Waals surface area contributed by atoms with Gasteiger partial charge in [0, 0.05) is 18.5 Å². The van der Waals surface area contributed by atoms with Crippen molar-refractivity contribution in [1.29, 1.82) is 0 Å². The molecule has 0 atom stereocenters. The minimum atomic E-state index is -0.985. The number of carbonyl (C=O) groups excluding carboxylic acids is 1. The number of likely N-dealkylation sites (tertiary alicyclic amines) is 1. The lowest BCUT2D eigenvalue weighted by Gasteiger charge is -2.46. The van der Waals surface area contributed by atoms with Gasteiger partial charge in [-0.2, -0.15) is 0 Å². The van der Waals surface area contributed by atoms with E-state index in [0.29, 0.717) is 18.2 Å². The van der Waals surface area contributed by atoms with E-state index in [1.165, 1.54) is 11.3 Å². The van der Waals surface area contributed by atoms with E-state index in [9.17, 15) is 9.59 Å². The number of anilines is 1. The van der Waals surface area contributed by atoms with Gasteiger partial charge in [-0.3, -0.25) is 9.69 Å². The van der Waals surface area contributed by atoms with Gasteiger partial charge in [0.15, 0.2) is 5.13 Å². The Morgan fingerprint density at radius 2 is 2.30 bits per heavy atom. The molecule has 1 aliphatic heterocycles. The van der Waals surface area contributed by atoms with Crippen LogP contribution in [0.15, 0.2) is 5.38 Å². The van der Waals surface area contributed by atoms with E-state index in [2.05, 4.69) is 10.3 Å². The summed E-state index contributed by atoms with van der Waals surface area (Å²) in [5.74, 6) is -1.11. The summed E-state index contributed by atoms with van der Waals surface area (Å²) in [5.41, 5.74) is 0.403. The van der Waals surface area contributed by atoms with Crippen molar-refractivity contribution in [2.45, 2.75) is 19.4 Å². The maximum Gasteiger partial charge on any atom is 0.329 e. The van der Waals surface area contributed by atoms with E-state index in [0.717, 1.165) is 5.69 Å².